The van der Waals surface area contributed by atoms with Crippen molar-refractivity contribution in [3.05, 3.63) is 35.5 Å². The van der Waals surface area contributed by atoms with Crippen LogP contribution in [0.1, 0.15) is 30.8 Å². The molecule has 2 aromatic rings. The third-order valence-corrected chi connectivity index (χ3v) is 3.38. The summed E-state index contributed by atoms with van der Waals surface area (Å²) in [5, 5.41) is 7.05. The molecule has 6 heteroatoms. The zero-order valence-corrected chi connectivity index (χ0v) is 12.3. The molecule has 0 radical (unpaired) electrons. The van der Waals surface area contributed by atoms with E-state index in [1.54, 1.807) is 0 Å². The first-order chi connectivity index (χ1) is 10.3. The first kappa shape index (κ1) is 13.9. The maximum absolute atomic E-state index is 5.81. The molecule has 112 valence electrons. The summed E-state index contributed by atoms with van der Waals surface area (Å²) in [6.45, 7) is 5.93. The van der Waals surface area contributed by atoms with Crippen LogP contribution in [0.25, 0.3) is 0 Å². The fourth-order valence-electron chi connectivity index (χ4n) is 2.49. The molecule has 0 spiro atoms. The van der Waals surface area contributed by atoms with Gasteiger partial charge in [-0.1, -0.05) is 5.16 Å². The van der Waals surface area contributed by atoms with E-state index in [1.807, 2.05) is 6.92 Å². The largest absolute Gasteiger partial charge is 0.494 e. The highest BCUT2D eigenvalue weighted by Crippen LogP contribution is 2.35. The minimum absolute atomic E-state index is 0.233. The van der Waals surface area contributed by atoms with Crippen molar-refractivity contribution in [3.63, 3.8) is 0 Å². The van der Waals surface area contributed by atoms with E-state index in [2.05, 4.69) is 34.5 Å². The third-order valence-electron chi connectivity index (χ3n) is 3.38. The number of nitrogens with zero attached hydrogens (tertiary/aromatic N) is 2. The normalized spacial score (nSPS) is 16.6. The molecule has 0 bridgehead atoms. The second-order valence-corrected chi connectivity index (χ2v) is 5.08. The molecule has 1 aromatic carbocycles. The van der Waals surface area contributed by atoms with Crippen molar-refractivity contribution in [2.75, 3.05) is 6.61 Å². The minimum Gasteiger partial charge on any atom is -0.494 e. The molecule has 1 atom stereocenters. The van der Waals surface area contributed by atoms with Crippen LogP contribution in [0.4, 0.5) is 0 Å². The lowest BCUT2D eigenvalue weighted by Crippen LogP contribution is -2.14. The van der Waals surface area contributed by atoms with Gasteiger partial charge in [-0.15, -0.1) is 0 Å². The second kappa shape index (κ2) is 6.13. The Hall–Kier alpha value is -2.08. The molecule has 6 nitrogen and oxygen atoms in total. The number of nitrogens with one attached hydrogen (secondary N) is 1. The van der Waals surface area contributed by atoms with Crippen LogP contribution in [-0.4, -0.2) is 22.9 Å². The Kier molecular flexibility index (Phi) is 4.06. The van der Waals surface area contributed by atoms with Gasteiger partial charge in [0.25, 0.3) is 0 Å². The van der Waals surface area contributed by atoms with Gasteiger partial charge in [0, 0.05) is 24.1 Å². The highest BCUT2D eigenvalue weighted by molar-refractivity contribution is 5.48. The topological polar surface area (TPSA) is 69.4 Å². The van der Waals surface area contributed by atoms with Crippen LogP contribution in [-0.2, 0) is 19.5 Å². The predicted molar refractivity (Wildman–Crippen MR) is 76.2 cm³/mol. The fraction of sp³-hybridized carbons (Fsp3) is 0.467. The Morgan fingerprint density at radius 3 is 3.05 bits per heavy atom. The van der Waals surface area contributed by atoms with Crippen LogP contribution in [0.2, 0.25) is 0 Å². The van der Waals surface area contributed by atoms with Gasteiger partial charge in [0.2, 0.25) is 6.39 Å². The van der Waals surface area contributed by atoms with Crippen LogP contribution in [0.3, 0.4) is 0 Å². The summed E-state index contributed by atoms with van der Waals surface area (Å²) in [4.78, 5) is 3.98. The molecule has 1 aromatic heterocycles. The van der Waals surface area contributed by atoms with Crippen molar-refractivity contribution >= 4 is 0 Å². The minimum atomic E-state index is 0.233. The smallest absolute Gasteiger partial charge is 0.213 e. The van der Waals surface area contributed by atoms with E-state index in [0.29, 0.717) is 25.5 Å². The lowest BCUT2D eigenvalue weighted by molar-refractivity contribution is 0.254. The zero-order chi connectivity index (χ0) is 14.7. The van der Waals surface area contributed by atoms with Gasteiger partial charge in [-0.05, 0) is 26.0 Å². The second-order valence-electron chi connectivity index (χ2n) is 5.08. The van der Waals surface area contributed by atoms with E-state index < -0.39 is 0 Å². The first-order valence-corrected chi connectivity index (χ1v) is 7.17. The number of hydrogen-bond acceptors (Lipinski definition) is 6. The first-order valence-electron chi connectivity index (χ1n) is 7.17. The van der Waals surface area contributed by atoms with Crippen LogP contribution >= 0.6 is 0 Å². The van der Waals surface area contributed by atoms with Gasteiger partial charge in [0.1, 0.15) is 17.6 Å². The Bertz CT molecular complexity index is 598. The van der Waals surface area contributed by atoms with Crippen LogP contribution in [0.5, 0.6) is 11.5 Å². The molecule has 2 heterocycles. The van der Waals surface area contributed by atoms with Crippen molar-refractivity contribution < 1.29 is 14.0 Å². The number of fused-ring (bicyclic) bond motifs is 1. The summed E-state index contributed by atoms with van der Waals surface area (Å²) in [5.41, 5.74) is 2.29. The number of rotatable bonds is 6. The van der Waals surface area contributed by atoms with E-state index in [0.717, 1.165) is 23.5 Å². The van der Waals surface area contributed by atoms with Crippen LogP contribution in [0.15, 0.2) is 23.0 Å². The van der Waals surface area contributed by atoms with Gasteiger partial charge in [-0.3, -0.25) is 0 Å². The molecule has 3 rings (SSSR count). The van der Waals surface area contributed by atoms with Crippen molar-refractivity contribution in [1.29, 1.82) is 0 Å². The molecular formula is C15H19N3O3. The SMILES string of the molecule is CCOc1cc2c(cc1CNCc1ncon1)OC(C)C2. The van der Waals surface area contributed by atoms with Crippen molar-refractivity contribution in [1.82, 2.24) is 15.5 Å². The van der Waals surface area contributed by atoms with Crippen LogP contribution < -0.4 is 14.8 Å². The molecule has 0 aliphatic carbocycles. The standard InChI is InChI=1S/C15H19N3O3/c1-3-19-13-5-11-4-10(2)21-14(11)6-12(13)7-16-8-15-17-9-20-18-15/h5-6,9-10,16H,3-4,7-8H2,1-2H3. The zero-order valence-electron chi connectivity index (χ0n) is 12.3. The molecule has 0 saturated carbocycles. The Morgan fingerprint density at radius 1 is 1.38 bits per heavy atom. The van der Waals surface area contributed by atoms with E-state index in [1.165, 1.54) is 12.0 Å². The van der Waals surface area contributed by atoms with Crippen molar-refractivity contribution in [3.8, 4) is 11.5 Å². The summed E-state index contributed by atoms with van der Waals surface area (Å²) >= 11 is 0. The molecule has 0 saturated heterocycles. The Balaban J connectivity index is 1.72. The maximum atomic E-state index is 5.81. The average Bonchev–Trinajstić information content (AvgIpc) is 3.07. The van der Waals surface area contributed by atoms with E-state index >= 15 is 0 Å². The highest BCUT2D eigenvalue weighted by atomic mass is 16.5. The lowest BCUT2D eigenvalue weighted by Gasteiger charge is -2.12. The summed E-state index contributed by atoms with van der Waals surface area (Å²) in [6.07, 6.45) is 2.50. The summed E-state index contributed by atoms with van der Waals surface area (Å²) in [7, 11) is 0. The lowest BCUT2D eigenvalue weighted by atomic mass is 10.1. The van der Waals surface area contributed by atoms with Gasteiger partial charge in [0.05, 0.1) is 13.2 Å². The molecule has 1 aliphatic rings. The van der Waals surface area contributed by atoms with Gasteiger partial charge in [-0.2, -0.15) is 4.98 Å². The molecule has 1 aliphatic heterocycles. The maximum Gasteiger partial charge on any atom is 0.213 e. The Labute approximate surface area is 123 Å². The number of hydrogen-bond donors (Lipinski definition) is 1. The molecule has 0 amide bonds. The van der Waals surface area contributed by atoms with Gasteiger partial charge in [-0.25, -0.2) is 0 Å². The molecule has 21 heavy (non-hydrogen) atoms. The van der Waals surface area contributed by atoms with Crippen molar-refractivity contribution in [2.45, 2.75) is 39.5 Å². The summed E-state index contributed by atoms with van der Waals surface area (Å²) in [5.74, 6) is 2.51. The predicted octanol–water partition coefficient (Wildman–Crippen LogP) is 2.08. The van der Waals surface area contributed by atoms with E-state index in [-0.39, 0.29) is 6.10 Å². The summed E-state index contributed by atoms with van der Waals surface area (Å²) in [6, 6.07) is 4.15. The van der Waals surface area contributed by atoms with Crippen molar-refractivity contribution in [2.24, 2.45) is 0 Å². The molecule has 0 fully saturated rings. The summed E-state index contributed by atoms with van der Waals surface area (Å²) < 4.78 is 16.3. The van der Waals surface area contributed by atoms with Gasteiger partial charge >= 0.3 is 0 Å². The fourth-order valence-corrected chi connectivity index (χ4v) is 2.49. The molecule has 1 N–H and O–H groups in total. The molecular weight excluding hydrogens is 270 g/mol. The number of ether oxygens (including phenoxy) is 2. The van der Waals surface area contributed by atoms with Gasteiger partial charge < -0.3 is 19.3 Å². The third kappa shape index (κ3) is 3.16. The quantitative estimate of drug-likeness (QED) is 0.878. The Morgan fingerprint density at radius 2 is 2.29 bits per heavy atom. The monoisotopic (exact) mass is 289 g/mol. The number of aromatic nitrogens is 2. The average molecular weight is 289 g/mol. The molecule has 1 unspecified atom stereocenters. The van der Waals surface area contributed by atoms with Gasteiger partial charge in [0.15, 0.2) is 5.82 Å². The van der Waals surface area contributed by atoms with E-state index in [9.17, 15) is 0 Å². The van der Waals surface area contributed by atoms with E-state index in [4.69, 9.17) is 14.0 Å². The highest BCUT2D eigenvalue weighted by Gasteiger charge is 2.21. The van der Waals surface area contributed by atoms with Crippen LogP contribution in [0, 0.1) is 0 Å². The number of benzene rings is 1.